The van der Waals surface area contributed by atoms with Crippen molar-refractivity contribution in [3.8, 4) is 5.75 Å². The summed E-state index contributed by atoms with van der Waals surface area (Å²) in [7, 11) is 0. The molecule has 0 aliphatic rings. The Morgan fingerprint density at radius 2 is 2.21 bits per heavy atom. The lowest BCUT2D eigenvalue weighted by Gasteiger charge is -2.06. The Morgan fingerprint density at radius 1 is 1.37 bits per heavy atom. The molecule has 1 aromatic carbocycles. The molecule has 19 heavy (non-hydrogen) atoms. The van der Waals surface area contributed by atoms with E-state index in [0.29, 0.717) is 25.2 Å². The molecule has 0 N–H and O–H groups in total. The van der Waals surface area contributed by atoms with E-state index >= 15 is 0 Å². The van der Waals surface area contributed by atoms with Gasteiger partial charge in [-0.1, -0.05) is 17.7 Å². The van der Waals surface area contributed by atoms with E-state index in [1.807, 2.05) is 17.5 Å². The summed E-state index contributed by atoms with van der Waals surface area (Å²) in [5, 5.41) is 1.91. The van der Waals surface area contributed by atoms with E-state index < -0.39 is 5.82 Å². The summed E-state index contributed by atoms with van der Waals surface area (Å²) in [6.07, 6.45) is 1.06. The molecule has 5 heteroatoms. The van der Waals surface area contributed by atoms with E-state index in [4.69, 9.17) is 16.3 Å². The fourth-order valence-corrected chi connectivity index (χ4v) is 2.41. The molecule has 0 unspecified atom stereocenters. The smallest absolute Gasteiger partial charge is 0.172 e. The molecule has 0 amide bonds. The van der Waals surface area contributed by atoms with E-state index in [2.05, 4.69) is 0 Å². The maximum absolute atomic E-state index is 12.9. The molecule has 0 saturated heterocycles. The van der Waals surface area contributed by atoms with E-state index in [9.17, 15) is 9.18 Å². The second-order valence-corrected chi connectivity index (χ2v) is 5.28. The van der Waals surface area contributed by atoms with Gasteiger partial charge in [0.05, 0.1) is 16.5 Å². The molecule has 1 heterocycles. The zero-order valence-electron chi connectivity index (χ0n) is 10.1. The third-order valence-corrected chi connectivity index (χ3v) is 3.70. The van der Waals surface area contributed by atoms with Crippen molar-refractivity contribution in [2.75, 3.05) is 6.61 Å². The van der Waals surface area contributed by atoms with Crippen molar-refractivity contribution in [1.82, 2.24) is 0 Å². The summed E-state index contributed by atoms with van der Waals surface area (Å²) in [5.74, 6) is 0.160. The maximum Gasteiger partial charge on any atom is 0.172 e. The van der Waals surface area contributed by atoms with Crippen molar-refractivity contribution in [3.63, 3.8) is 0 Å². The first-order valence-electron chi connectivity index (χ1n) is 5.81. The number of ether oxygens (including phenoxy) is 1. The van der Waals surface area contributed by atoms with Crippen molar-refractivity contribution >= 4 is 28.7 Å². The van der Waals surface area contributed by atoms with Crippen LogP contribution in [0.5, 0.6) is 5.75 Å². The van der Waals surface area contributed by atoms with Crippen LogP contribution in [0.15, 0.2) is 35.7 Å². The Labute approximate surface area is 119 Å². The SMILES string of the molecule is O=C(CCCOc1ccc(F)c(Cl)c1)c1cccs1. The van der Waals surface area contributed by atoms with Crippen LogP contribution in [0, 0.1) is 5.82 Å². The molecular formula is C14H12ClFO2S. The standard InChI is InChI=1S/C14H12ClFO2S/c15-11-9-10(5-6-12(11)16)18-7-1-3-13(17)14-4-2-8-19-14/h2,4-6,8-9H,1,3,7H2. The lowest BCUT2D eigenvalue weighted by molar-refractivity contribution is 0.0977. The molecule has 0 fully saturated rings. The fourth-order valence-electron chi connectivity index (χ4n) is 1.55. The summed E-state index contributed by atoms with van der Waals surface area (Å²) < 4.78 is 18.3. The summed E-state index contributed by atoms with van der Waals surface area (Å²) in [6.45, 7) is 0.402. The molecule has 0 bridgehead atoms. The van der Waals surface area contributed by atoms with Crippen LogP contribution >= 0.6 is 22.9 Å². The van der Waals surface area contributed by atoms with Crippen LogP contribution in [0.3, 0.4) is 0 Å². The molecule has 2 nitrogen and oxygen atoms in total. The number of halogens is 2. The minimum atomic E-state index is -0.470. The zero-order valence-corrected chi connectivity index (χ0v) is 11.6. The normalized spacial score (nSPS) is 10.4. The van der Waals surface area contributed by atoms with Crippen molar-refractivity contribution in [2.24, 2.45) is 0 Å². The van der Waals surface area contributed by atoms with Crippen LogP contribution in [0.2, 0.25) is 5.02 Å². The van der Waals surface area contributed by atoms with Gasteiger partial charge in [-0.2, -0.15) is 0 Å². The Balaban J connectivity index is 1.75. The molecule has 1 aromatic heterocycles. The molecular weight excluding hydrogens is 287 g/mol. The Morgan fingerprint density at radius 3 is 2.89 bits per heavy atom. The van der Waals surface area contributed by atoms with Gasteiger partial charge in [0, 0.05) is 12.5 Å². The lowest BCUT2D eigenvalue weighted by Crippen LogP contribution is -2.02. The first kappa shape index (κ1) is 14.0. The molecule has 0 saturated carbocycles. The topological polar surface area (TPSA) is 26.3 Å². The number of ketones is 1. The fraction of sp³-hybridized carbons (Fsp3) is 0.214. The highest BCUT2D eigenvalue weighted by molar-refractivity contribution is 7.12. The molecule has 2 aromatic rings. The average molecular weight is 299 g/mol. The Kier molecular flexibility index (Phi) is 4.93. The van der Waals surface area contributed by atoms with Gasteiger partial charge in [0.1, 0.15) is 11.6 Å². The van der Waals surface area contributed by atoms with E-state index in [-0.39, 0.29) is 10.8 Å². The zero-order chi connectivity index (χ0) is 13.7. The maximum atomic E-state index is 12.9. The highest BCUT2D eigenvalue weighted by Gasteiger charge is 2.06. The number of rotatable bonds is 6. The number of hydrogen-bond donors (Lipinski definition) is 0. The van der Waals surface area contributed by atoms with Crippen molar-refractivity contribution < 1.29 is 13.9 Å². The van der Waals surface area contributed by atoms with Gasteiger partial charge in [0.2, 0.25) is 0 Å². The third-order valence-electron chi connectivity index (χ3n) is 2.50. The second-order valence-electron chi connectivity index (χ2n) is 3.93. The summed E-state index contributed by atoms with van der Waals surface area (Å²) >= 11 is 7.08. The quantitative estimate of drug-likeness (QED) is 0.576. The van der Waals surface area contributed by atoms with E-state index in [0.717, 1.165) is 4.88 Å². The van der Waals surface area contributed by atoms with Crippen LogP contribution in [0.25, 0.3) is 0 Å². The van der Waals surface area contributed by atoms with E-state index in [1.165, 1.54) is 29.5 Å². The van der Waals surface area contributed by atoms with Crippen molar-refractivity contribution in [1.29, 1.82) is 0 Å². The predicted octanol–water partition coefficient (Wildman–Crippen LogP) is 4.58. The summed E-state index contributed by atoms with van der Waals surface area (Å²) in [5.41, 5.74) is 0. The highest BCUT2D eigenvalue weighted by atomic mass is 35.5. The first-order valence-corrected chi connectivity index (χ1v) is 7.07. The van der Waals surface area contributed by atoms with Crippen LogP contribution in [0.1, 0.15) is 22.5 Å². The molecule has 0 atom stereocenters. The minimum Gasteiger partial charge on any atom is -0.494 e. The van der Waals surface area contributed by atoms with Gasteiger partial charge in [-0.25, -0.2) is 4.39 Å². The number of carbonyl (C=O) groups is 1. The highest BCUT2D eigenvalue weighted by Crippen LogP contribution is 2.21. The summed E-state index contributed by atoms with van der Waals surface area (Å²) in [6, 6.07) is 7.87. The molecule has 2 rings (SSSR count). The Bertz CT molecular complexity index is 555. The number of carbonyl (C=O) groups excluding carboxylic acids is 1. The summed E-state index contributed by atoms with van der Waals surface area (Å²) in [4.78, 5) is 12.5. The molecule has 0 radical (unpaired) electrons. The van der Waals surface area contributed by atoms with Gasteiger partial charge in [-0.05, 0) is 30.0 Å². The predicted molar refractivity (Wildman–Crippen MR) is 74.8 cm³/mol. The number of hydrogen-bond acceptors (Lipinski definition) is 3. The van der Waals surface area contributed by atoms with Gasteiger partial charge in [-0.15, -0.1) is 11.3 Å². The van der Waals surface area contributed by atoms with Crippen LogP contribution < -0.4 is 4.74 Å². The lowest BCUT2D eigenvalue weighted by atomic mass is 10.2. The molecule has 0 aliphatic heterocycles. The van der Waals surface area contributed by atoms with Crippen LogP contribution in [-0.2, 0) is 0 Å². The molecule has 100 valence electrons. The number of thiophene rings is 1. The van der Waals surface area contributed by atoms with Gasteiger partial charge in [0.25, 0.3) is 0 Å². The Hall–Kier alpha value is -1.39. The van der Waals surface area contributed by atoms with Crippen LogP contribution in [-0.4, -0.2) is 12.4 Å². The van der Waals surface area contributed by atoms with Crippen molar-refractivity contribution in [2.45, 2.75) is 12.8 Å². The second kappa shape index (κ2) is 6.68. The average Bonchev–Trinajstić information content (AvgIpc) is 2.92. The first-order chi connectivity index (χ1) is 9.16. The van der Waals surface area contributed by atoms with Gasteiger partial charge in [0.15, 0.2) is 5.78 Å². The van der Waals surface area contributed by atoms with Gasteiger partial charge < -0.3 is 4.74 Å². The third kappa shape index (κ3) is 4.04. The minimum absolute atomic E-state index is 0.0344. The molecule has 0 spiro atoms. The monoisotopic (exact) mass is 298 g/mol. The van der Waals surface area contributed by atoms with Gasteiger partial charge >= 0.3 is 0 Å². The molecule has 0 aliphatic carbocycles. The van der Waals surface area contributed by atoms with Crippen LogP contribution in [0.4, 0.5) is 4.39 Å². The largest absolute Gasteiger partial charge is 0.494 e. The number of benzene rings is 1. The van der Waals surface area contributed by atoms with E-state index in [1.54, 1.807) is 0 Å². The van der Waals surface area contributed by atoms with Crippen molar-refractivity contribution in [3.05, 3.63) is 51.4 Å². The number of Topliss-reactive ketones (excluding diaryl/α,β-unsaturated/α-hetero) is 1. The van der Waals surface area contributed by atoms with Gasteiger partial charge in [-0.3, -0.25) is 4.79 Å².